The maximum absolute atomic E-state index is 11.4. The maximum Gasteiger partial charge on any atom is 0.271 e. The number of H-pyrrole nitrogens is 1. The van der Waals surface area contributed by atoms with Crippen LogP contribution in [0.2, 0.25) is 0 Å². The average molecular weight is 416 g/mol. The zero-order chi connectivity index (χ0) is 16.1. The van der Waals surface area contributed by atoms with Crippen LogP contribution in [-0.2, 0) is 0 Å². The van der Waals surface area contributed by atoms with E-state index in [0.29, 0.717) is 36.0 Å². The van der Waals surface area contributed by atoms with Crippen LogP contribution in [0.3, 0.4) is 0 Å². The molecule has 8 heteroatoms. The molecule has 0 unspecified atom stereocenters. The van der Waals surface area contributed by atoms with Crippen molar-refractivity contribution in [3.63, 3.8) is 0 Å². The fraction of sp³-hybridized carbons (Fsp3) is 0.357. The van der Waals surface area contributed by atoms with E-state index in [4.69, 9.17) is 15.2 Å². The van der Waals surface area contributed by atoms with Gasteiger partial charge in [-0.05, 0) is 48.1 Å². The Morgan fingerprint density at radius 2 is 2.09 bits per heavy atom. The van der Waals surface area contributed by atoms with Crippen LogP contribution < -0.4 is 15.2 Å². The van der Waals surface area contributed by atoms with Crippen molar-refractivity contribution >= 4 is 28.5 Å². The number of aromatic amines is 1. The van der Waals surface area contributed by atoms with E-state index in [1.165, 1.54) is 0 Å². The van der Waals surface area contributed by atoms with E-state index in [2.05, 4.69) is 38.0 Å². The van der Waals surface area contributed by atoms with Gasteiger partial charge in [0.05, 0.1) is 16.8 Å². The van der Waals surface area contributed by atoms with E-state index in [1.54, 1.807) is 6.07 Å². The van der Waals surface area contributed by atoms with Crippen LogP contribution in [0.25, 0.3) is 11.3 Å². The minimum absolute atomic E-state index is 0.0977. The van der Waals surface area contributed by atoms with Crippen LogP contribution in [0.5, 0.6) is 11.5 Å². The van der Waals surface area contributed by atoms with Crippen molar-refractivity contribution in [2.24, 2.45) is 5.73 Å². The lowest BCUT2D eigenvalue weighted by molar-refractivity contribution is 0.0996. The number of benzene rings is 1. The van der Waals surface area contributed by atoms with Crippen molar-refractivity contribution in [2.75, 3.05) is 13.2 Å². The fourth-order valence-corrected chi connectivity index (χ4v) is 2.67. The predicted molar refractivity (Wildman–Crippen MR) is 90.0 cm³/mol. The van der Waals surface area contributed by atoms with Gasteiger partial charge in [-0.2, -0.15) is 15.4 Å². The summed E-state index contributed by atoms with van der Waals surface area (Å²) in [5, 5.41) is 10.2. The van der Waals surface area contributed by atoms with Crippen LogP contribution in [0.1, 0.15) is 30.8 Å². The summed E-state index contributed by atoms with van der Waals surface area (Å²) in [5.41, 5.74) is 6.50. The summed E-state index contributed by atoms with van der Waals surface area (Å²) in [6, 6.07) is 3.64. The Kier molecular flexibility index (Phi) is 5.58. The Labute approximate surface area is 141 Å². The molecule has 1 aromatic heterocycles. The van der Waals surface area contributed by atoms with Gasteiger partial charge in [0.25, 0.3) is 5.91 Å². The number of carbonyl (C=O) groups is 1. The third-order valence-corrected chi connectivity index (χ3v) is 3.62. The smallest absolute Gasteiger partial charge is 0.271 e. The molecule has 0 radical (unpaired) electrons. The highest BCUT2D eigenvalue weighted by Crippen LogP contribution is 2.37. The molecule has 0 spiro atoms. The van der Waals surface area contributed by atoms with Gasteiger partial charge in [0.2, 0.25) is 0 Å². The van der Waals surface area contributed by atoms with E-state index in [0.717, 1.165) is 9.99 Å². The first-order valence-corrected chi connectivity index (χ1v) is 7.96. The van der Waals surface area contributed by atoms with E-state index in [1.807, 2.05) is 19.9 Å². The molecule has 22 heavy (non-hydrogen) atoms. The molecule has 0 saturated heterocycles. The molecule has 0 bridgehead atoms. The van der Waals surface area contributed by atoms with Gasteiger partial charge in [0.15, 0.2) is 17.2 Å². The molecular weight excluding hydrogens is 399 g/mol. The standard InChI is InChI=1S/C14H17IN4O3/c1-3-5-22-13-9(15)6-8(7-10(13)21-4-2)11-12(14(16)20)18-19-17-11/h6-7H,3-5H2,1-2H3,(H2,16,20)(H,17,18,19). The second-order valence-electron chi connectivity index (χ2n) is 4.45. The van der Waals surface area contributed by atoms with Crippen molar-refractivity contribution in [2.45, 2.75) is 20.3 Å². The largest absolute Gasteiger partial charge is 0.490 e. The van der Waals surface area contributed by atoms with Gasteiger partial charge >= 0.3 is 0 Å². The molecule has 1 amide bonds. The van der Waals surface area contributed by atoms with E-state index in [9.17, 15) is 4.79 Å². The first-order chi connectivity index (χ1) is 10.6. The van der Waals surface area contributed by atoms with Gasteiger partial charge in [0.1, 0.15) is 5.69 Å². The van der Waals surface area contributed by atoms with Gasteiger partial charge < -0.3 is 15.2 Å². The Balaban J connectivity index is 2.49. The Bertz CT molecular complexity index is 672. The number of halogens is 1. The molecule has 0 atom stereocenters. The van der Waals surface area contributed by atoms with Crippen molar-refractivity contribution < 1.29 is 14.3 Å². The van der Waals surface area contributed by atoms with Gasteiger partial charge in [-0.1, -0.05) is 6.92 Å². The molecule has 1 aromatic carbocycles. The third-order valence-electron chi connectivity index (χ3n) is 2.81. The topological polar surface area (TPSA) is 103 Å². The molecule has 0 fully saturated rings. The third kappa shape index (κ3) is 3.49. The number of primary amides is 1. The number of amides is 1. The highest BCUT2D eigenvalue weighted by molar-refractivity contribution is 14.1. The van der Waals surface area contributed by atoms with Gasteiger partial charge in [-0.25, -0.2) is 0 Å². The average Bonchev–Trinajstić information content (AvgIpc) is 2.96. The van der Waals surface area contributed by atoms with Crippen LogP contribution in [0.15, 0.2) is 12.1 Å². The minimum Gasteiger partial charge on any atom is -0.490 e. The van der Waals surface area contributed by atoms with Crippen molar-refractivity contribution in [3.8, 4) is 22.8 Å². The number of aromatic nitrogens is 3. The van der Waals surface area contributed by atoms with Crippen LogP contribution in [0.4, 0.5) is 0 Å². The maximum atomic E-state index is 11.4. The van der Waals surface area contributed by atoms with E-state index in [-0.39, 0.29) is 5.69 Å². The number of carbonyl (C=O) groups excluding carboxylic acids is 1. The molecule has 1 heterocycles. The van der Waals surface area contributed by atoms with Crippen LogP contribution >= 0.6 is 22.6 Å². The summed E-state index contributed by atoms with van der Waals surface area (Å²) in [7, 11) is 0. The zero-order valence-electron chi connectivity index (χ0n) is 12.4. The molecular formula is C14H17IN4O3. The zero-order valence-corrected chi connectivity index (χ0v) is 14.5. The summed E-state index contributed by atoms with van der Waals surface area (Å²) in [5.74, 6) is 0.663. The SMILES string of the molecule is CCCOc1c(I)cc(-c2n[nH]nc2C(N)=O)cc1OCC. The summed E-state index contributed by atoms with van der Waals surface area (Å²) >= 11 is 2.17. The lowest BCUT2D eigenvalue weighted by atomic mass is 10.1. The van der Waals surface area contributed by atoms with Crippen molar-refractivity contribution in [1.29, 1.82) is 0 Å². The number of nitrogens with one attached hydrogen (secondary N) is 1. The molecule has 0 aliphatic heterocycles. The molecule has 0 aliphatic rings. The number of ether oxygens (including phenoxy) is 2. The second-order valence-corrected chi connectivity index (χ2v) is 5.61. The number of nitrogens with zero attached hydrogens (tertiary/aromatic N) is 2. The first-order valence-electron chi connectivity index (χ1n) is 6.88. The summed E-state index contributed by atoms with van der Waals surface area (Å²) in [6.07, 6.45) is 0.901. The Morgan fingerprint density at radius 1 is 1.32 bits per heavy atom. The number of hydrogen-bond acceptors (Lipinski definition) is 5. The second kappa shape index (κ2) is 7.43. The van der Waals surface area contributed by atoms with E-state index >= 15 is 0 Å². The van der Waals surface area contributed by atoms with Gasteiger partial charge in [-0.3, -0.25) is 4.79 Å². The summed E-state index contributed by atoms with van der Waals surface area (Å²) in [4.78, 5) is 11.4. The summed E-state index contributed by atoms with van der Waals surface area (Å²) in [6.45, 7) is 5.04. The number of hydrogen-bond donors (Lipinski definition) is 2. The normalized spacial score (nSPS) is 10.5. The number of nitrogens with two attached hydrogens (primary N) is 1. The quantitative estimate of drug-likeness (QED) is 0.675. The molecule has 3 N–H and O–H groups in total. The summed E-state index contributed by atoms with van der Waals surface area (Å²) < 4.78 is 12.3. The molecule has 118 valence electrons. The van der Waals surface area contributed by atoms with Gasteiger partial charge in [0, 0.05) is 5.56 Å². The molecule has 0 aliphatic carbocycles. The Hall–Kier alpha value is -1.84. The monoisotopic (exact) mass is 416 g/mol. The van der Waals surface area contributed by atoms with Crippen LogP contribution in [0, 0.1) is 3.57 Å². The molecule has 2 aromatic rings. The molecule has 0 saturated carbocycles. The lowest BCUT2D eigenvalue weighted by Crippen LogP contribution is -2.13. The van der Waals surface area contributed by atoms with Crippen molar-refractivity contribution in [1.82, 2.24) is 15.4 Å². The molecule has 2 rings (SSSR count). The van der Waals surface area contributed by atoms with Crippen LogP contribution in [-0.4, -0.2) is 34.5 Å². The van der Waals surface area contributed by atoms with E-state index < -0.39 is 5.91 Å². The Morgan fingerprint density at radius 3 is 2.73 bits per heavy atom. The minimum atomic E-state index is -0.636. The number of rotatable bonds is 7. The predicted octanol–water partition coefficient (Wildman–Crippen LogP) is 2.36. The highest BCUT2D eigenvalue weighted by atomic mass is 127. The fourth-order valence-electron chi connectivity index (χ4n) is 1.92. The highest BCUT2D eigenvalue weighted by Gasteiger charge is 2.19. The lowest BCUT2D eigenvalue weighted by Gasteiger charge is -2.14. The van der Waals surface area contributed by atoms with Crippen molar-refractivity contribution in [3.05, 3.63) is 21.4 Å². The van der Waals surface area contributed by atoms with Gasteiger partial charge in [-0.15, -0.1) is 0 Å². The molecule has 7 nitrogen and oxygen atoms in total. The first kappa shape index (κ1) is 16.5.